The van der Waals surface area contributed by atoms with Crippen LogP contribution in [0.1, 0.15) is 28.7 Å². The Bertz CT molecular complexity index is 808. The van der Waals surface area contributed by atoms with E-state index in [0.717, 1.165) is 28.8 Å². The number of aromatic nitrogens is 2. The van der Waals surface area contributed by atoms with E-state index in [1.165, 1.54) is 12.1 Å². The fourth-order valence-electron chi connectivity index (χ4n) is 2.26. The Balaban J connectivity index is 1.72. The molecule has 0 radical (unpaired) electrons. The van der Waals surface area contributed by atoms with Crippen LogP contribution >= 0.6 is 0 Å². The second kappa shape index (κ2) is 5.97. The summed E-state index contributed by atoms with van der Waals surface area (Å²) >= 11 is 0. The van der Waals surface area contributed by atoms with Gasteiger partial charge in [-0.1, -0.05) is 19.1 Å². The van der Waals surface area contributed by atoms with Crippen molar-refractivity contribution in [3.8, 4) is 0 Å². The third kappa shape index (κ3) is 2.98. The van der Waals surface area contributed by atoms with Gasteiger partial charge in [0, 0.05) is 18.5 Å². The minimum atomic E-state index is -0.286. The average molecular weight is 297 g/mol. The molecule has 0 aliphatic rings. The topological polar surface area (TPSA) is 57.8 Å². The van der Waals surface area contributed by atoms with Crippen LogP contribution in [0.2, 0.25) is 0 Å². The molecule has 0 fully saturated rings. The zero-order chi connectivity index (χ0) is 15.5. The molecule has 0 aliphatic heterocycles. The third-order valence-electron chi connectivity index (χ3n) is 3.49. The Kier molecular flexibility index (Phi) is 3.87. The lowest BCUT2D eigenvalue weighted by Crippen LogP contribution is -2.22. The van der Waals surface area contributed by atoms with Gasteiger partial charge in [0.2, 0.25) is 0 Å². The van der Waals surface area contributed by atoms with Gasteiger partial charge in [-0.3, -0.25) is 4.79 Å². The van der Waals surface area contributed by atoms with E-state index in [-0.39, 0.29) is 11.7 Å². The fourth-order valence-corrected chi connectivity index (χ4v) is 2.26. The van der Waals surface area contributed by atoms with Crippen LogP contribution < -0.4 is 5.32 Å². The number of hydrogen-bond acceptors (Lipinski definition) is 2. The van der Waals surface area contributed by atoms with E-state index in [0.29, 0.717) is 12.1 Å². The number of carbonyl (C=O) groups excluding carboxylic acids is 1. The van der Waals surface area contributed by atoms with E-state index in [9.17, 15) is 9.18 Å². The molecule has 3 rings (SSSR count). The number of H-pyrrole nitrogens is 1. The number of carbonyl (C=O) groups is 1. The minimum Gasteiger partial charge on any atom is -0.348 e. The van der Waals surface area contributed by atoms with Gasteiger partial charge in [0.1, 0.15) is 11.6 Å². The van der Waals surface area contributed by atoms with Gasteiger partial charge in [0.05, 0.1) is 11.0 Å². The second-order valence-electron chi connectivity index (χ2n) is 5.08. The fraction of sp³-hybridized carbons (Fsp3) is 0.176. The molecule has 0 atom stereocenters. The highest BCUT2D eigenvalue weighted by Crippen LogP contribution is 2.14. The number of aromatic amines is 1. The van der Waals surface area contributed by atoms with Crippen molar-refractivity contribution >= 4 is 16.9 Å². The van der Waals surface area contributed by atoms with Crippen molar-refractivity contribution in [1.29, 1.82) is 0 Å². The lowest BCUT2D eigenvalue weighted by Gasteiger charge is -2.05. The Labute approximate surface area is 127 Å². The van der Waals surface area contributed by atoms with Gasteiger partial charge >= 0.3 is 0 Å². The maximum Gasteiger partial charge on any atom is 0.251 e. The van der Waals surface area contributed by atoms with Crippen LogP contribution in [-0.4, -0.2) is 15.9 Å². The monoisotopic (exact) mass is 297 g/mol. The first-order valence-electron chi connectivity index (χ1n) is 7.17. The van der Waals surface area contributed by atoms with Crippen LogP contribution in [-0.2, 0) is 13.0 Å². The number of nitrogens with one attached hydrogen (secondary N) is 2. The van der Waals surface area contributed by atoms with Crippen molar-refractivity contribution < 1.29 is 9.18 Å². The molecule has 1 aromatic heterocycles. The number of fused-ring (bicyclic) bond motifs is 1. The van der Waals surface area contributed by atoms with Gasteiger partial charge in [-0.2, -0.15) is 0 Å². The number of aryl methyl sites for hydroxylation is 1. The molecular formula is C17H16FN3O. The zero-order valence-corrected chi connectivity index (χ0v) is 12.2. The van der Waals surface area contributed by atoms with Crippen LogP contribution in [0.25, 0.3) is 11.0 Å². The lowest BCUT2D eigenvalue weighted by molar-refractivity contribution is 0.0951. The Morgan fingerprint density at radius 1 is 1.23 bits per heavy atom. The van der Waals surface area contributed by atoms with Crippen molar-refractivity contribution in [2.24, 2.45) is 0 Å². The molecule has 1 amide bonds. The van der Waals surface area contributed by atoms with Gasteiger partial charge in [0.25, 0.3) is 5.91 Å². The van der Waals surface area contributed by atoms with Crippen LogP contribution in [0, 0.1) is 5.82 Å². The van der Waals surface area contributed by atoms with E-state index in [2.05, 4.69) is 15.3 Å². The molecule has 1 heterocycles. The number of benzene rings is 2. The predicted molar refractivity (Wildman–Crippen MR) is 83.0 cm³/mol. The van der Waals surface area contributed by atoms with Crippen LogP contribution in [0.5, 0.6) is 0 Å². The highest BCUT2D eigenvalue weighted by molar-refractivity contribution is 5.97. The first-order valence-corrected chi connectivity index (χ1v) is 7.17. The highest BCUT2D eigenvalue weighted by atomic mass is 19.1. The summed E-state index contributed by atoms with van der Waals surface area (Å²) in [6.45, 7) is 2.38. The molecule has 0 aliphatic carbocycles. The lowest BCUT2D eigenvalue weighted by atomic mass is 10.1. The third-order valence-corrected chi connectivity index (χ3v) is 3.49. The molecule has 2 N–H and O–H groups in total. The molecule has 4 nitrogen and oxygen atoms in total. The van der Waals surface area contributed by atoms with Crippen molar-refractivity contribution in [2.75, 3.05) is 0 Å². The molecule has 3 aromatic rings. The van der Waals surface area contributed by atoms with E-state index >= 15 is 0 Å². The number of halogens is 1. The van der Waals surface area contributed by atoms with Crippen molar-refractivity contribution in [3.63, 3.8) is 0 Å². The van der Waals surface area contributed by atoms with E-state index < -0.39 is 0 Å². The van der Waals surface area contributed by atoms with Gasteiger partial charge < -0.3 is 10.3 Å². The van der Waals surface area contributed by atoms with Gasteiger partial charge in [-0.05, 0) is 35.9 Å². The van der Waals surface area contributed by atoms with Crippen molar-refractivity contribution in [2.45, 2.75) is 19.9 Å². The number of rotatable bonds is 4. The molecule has 0 saturated heterocycles. The molecule has 0 spiro atoms. The van der Waals surface area contributed by atoms with Gasteiger partial charge in [-0.25, -0.2) is 9.37 Å². The first-order chi connectivity index (χ1) is 10.7. The maximum atomic E-state index is 12.8. The molecule has 0 unspecified atom stereocenters. The summed E-state index contributed by atoms with van der Waals surface area (Å²) in [6, 6.07) is 11.4. The first kappa shape index (κ1) is 14.3. The van der Waals surface area contributed by atoms with E-state index in [4.69, 9.17) is 0 Å². The van der Waals surface area contributed by atoms with Gasteiger partial charge in [0.15, 0.2) is 0 Å². The largest absolute Gasteiger partial charge is 0.348 e. The zero-order valence-electron chi connectivity index (χ0n) is 12.2. The molecule has 112 valence electrons. The Hall–Kier alpha value is -2.69. The summed E-state index contributed by atoms with van der Waals surface area (Å²) in [5, 5.41) is 2.82. The smallest absolute Gasteiger partial charge is 0.251 e. The van der Waals surface area contributed by atoms with Crippen LogP contribution in [0.4, 0.5) is 4.39 Å². The summed E-state index contributed by atoms with van der Waals surface area (Å²) < 4.78 is 12.8. The van der Waals surface area contributed by atoms with Crippen LogP contribution in [0.3, 0.4) is 0 Å². The van der Waals surface area contributed by atoms with Gasteiger partial charge in [-0.15, -0.1) is 0 Å². The molecule has 2 aromatic carbocycles. The standard InChI is InChI=1S/C17H16FN3O/c1-2-16-20-14-8-5-12(9-15(14)21-16)17(22)19-10-11-3-6-13(18)7-4-11/h3-9H,2,10H2,1H3,(H,19,22)(H,20,21). The summed E-state index contributed by atoms with van der Waals surface area (Å²) in [5.74, 6) is 0.448. The SMILES string of the molecule is CCc1nc2ccc(C(=O)NCc3ccc(F)cc3)cc2[nH]1. The average Bonchev–Trinajstić information content (AvgIpc) is 2.96. The Morgan fingerprint density at radius 3 is 2.73 bits per heavy atom. The number of hydrogen-bond donors (Lipinski definition) is 2. The number of amides is 1. The quantitative estimate of drug-likeness (QED) is 0.777. The molecule has 22 heavy (non-hydrogen) atoms. The normalized spacial score (nSPS) is 10.8. The summed E-state index contributed by atoms with van der Waals surface area (Å²) in [5.41, 5.74) is 3.13. The summed E-state index contributed by atoms with van der Waals surface area (Å²) in [6.07, 6.45) is 0.820. The maximum absolute atomic E-state index is 12.8. The molecule has 5 heteroatoms. The summed E-state index contributed by atoms with van der Waals surface area (Å²) in [4.78, 5) is 19.8. The number of nitrogens with zero attached hydrogens (tertiary/aromatic N) is 1. The van der Waals surface area contributed by atoms with Crippen molar-refractivity contribution in [3.05, 3.63) is 65.2 Å². The molecular weight excluding hydrogens is 281 g/mol. The summed E-state index contributed by atoms with van der Waals surface area (Å²) in [7, 11) is 0. The predicted octanol–water partition coefficient (Wildman–Crippen LogP) is 3.19. The van der Waals surface area contributed by atoms with Crippen molar-refractivity contribution in [1.82, 2.24) is 15.3 Å². The van der Waals surface area contributed by atoms with E-state index in [1.807, 2.05) is 13.0 Å². The highest BCUT2D eigenvalue weighted by Gasteiger charge is 2.08. The minimum absolute atomic E-state index is 0.168. The second-order valence-corrected chi connectivity index (χ2v) is 5.08. The van der Waals surface area contributed by atoms with E-state index in [1.54, 1.807) is 24.3 Å². The Morgan fingerprint density at radius 2 is 2.00 bits per heavy atom. The molecule has 0 saturated carbocycles. The number of imidazole rings is 1. The van der Waals surface area contributed by atoms with Crippen LogP contribution in [0.15, 0.2) is 42.5 Å². The molecule has 0 bridgehead atoms.